The summed E-state index contributed by atoms with van der Waals surface area (Å²) in [6.45, 7) is 3.23. The number of hydrogen-bond donors (Lipinski definition) is 0. The predicted molar refractivity (Wildman–Crippen MR) is 108 cm³/mol. The fourth-order valence-electron chi connectivity index (χ4n) is 2.75. The molecule has 0 unspecified atom stereocenters. The number of hydrogen-bond acceptors (Lipinski definition) is 4. The maximum absolute atomic E-state index is 12.9. The molecule has 0 aliphatic rings. The van der Waals surface area contributed by atoms with E-state index in [1.807, 2.05) is 31.2 Å². The van der Waals surface area contributed by atoms with E-state index < -0.39 is 0 Å². The van der Waals surface area contributed by atoms with Gasteiger partial charge in [-0.2, -0.15) is 0 Å². The third-order valence-corrected chi connectivity index (χ3v) is 4.40. The summed E-state index contributed by atoms with van der Waals surface area (Å²) in [6.07, 6.45) is 0.706. The minimum atomic E-state index is -0.324. The van der Waals surface area contributed by atoms with Crippen LogP contribution in [0.15, 0.2) is 65.1 Å². The van der Waals surface area contributed by atoms with Crippen LogP contribution >= 0.6 is 0 Å². The van der Waals surface area contributed by atoms with Gasteiger partial charge in [-0.25, -0.2) is 4.39 Å². The molecule has 0 fully saturated rings. The minimum Gasteiger partial charge on any atom is -0.493 e. The smallest absolute Gasteiger partial charge is 0.289 e. The van der Waals surface area contributed by atoms with E-state index >= 15 is 0 Å². The molecule has 2 aromatic carbocycles. The van der Waals surface area contributed by atoms with Gasteiger partial charge in [0.1, 0.15) is 29.7 Å². The molecule has 3 aromatic rings. The van der Waals surface area contributed by atoms with Crippen LogP contribution in [0.5, 0.6) is 11.5 Å². The first-order chi connectivity index (χ1) is 14.0. The van der Waals surface area contributed by atoms with Gasteiger partial charge in [-0.1, -0.05) is 18.2 Å². The normalized spacial score (nSPS) is 10.6. The number of nitrogens with zero attached hydrogens (tertiary/aromatic N) is 1. The van der Waals surface area contributed by atoms with Gasteiger partial charge < -0.3 is 18.8 Å². The van der Waals surface area contributed by atoms with Crippen LogP contribution in [0.2, 0.25) is 0 Å². The van der Waals surface area contributed by atoms with Crippen LogP contribution < -0.4 is 9.47 Å². The van der Waals surface area contributed by atoms with Crippen molar-refractivity contribution in [2.75, 3.05) is 20.2 Å². The van der Waals surface area contributed by atoms with Crippen molar-refractivity contribution in [3.63, 3.8) is 0 Å². The van der Waals surface area contributed by atoms with Crippen LogP contribution in [0.1, 0.15) is 28.3 Å². The van der Waals surface area contributed by atoms with Crippen LogP contribution in [-0.4, -0.2) is 31.0 Å². The second kappa shape index (κ2) is 9.78. The number of amides is 1. The highest BCUT2D eigenvalue weighted by Gasteiger charge is 2.16. The summed E-state index contributed by atoms with van der Waals surface area (Å²) in [5.74, 6) is 1.64. The zero-order valence-electron chi connectivity index (χ0n) is 16.6. The number of furan rings is 1. The molecule has 0 aliphatic heterocycles. The number of carbonyl (C=O) groups excluding carboxylic acids is 1. The van der Waals surface area contributed by atoms with E-state index in [-0.39, 0.29) is 24.1 Å². The van der Waals surface area contributed by atoms with E-state index in [1.54, 1.807) is 24.1 Å². The molecule has 1 heterocycles. The van der Waals surface area contributed by atoms with Gasteiger partial charge in [-0.3, -0.25) is 4.79 Å². The molecule has 0 bridgehead atoms. The van der Waals surface area contributed by atoms with Crippen molar-refractivity contribution < 1.29 is 23.1 Å². The maximum Gasteiger partial charge on any atom is 0.289 e. The maximum atomic E-state index is 12.9. The molecule has 0 radical (unpaired) electrons. The summed E-state index contributed by atoms with van der Waals surface area (Å²) in [4.78, 5) is 14.1. The van der Waals surface area contributed by atoms with Crippen molar-refractivity contribution >= 4 is 5.91 Å². The Kier molecular flexibility index (Phi) is 6.89. The molecule has 0 saturated carbocycles. The number of ether oxygens (including phenoxy) is 2. The first-order valence-corrected chi connectivity index (χ1v) is 9.44. The molecule has 0 aliphatic carbocycles. The average molecular weight is 397 g/mol. The highest BCUT2D eigenvalue weighted by atomic mass is 19.1. The van der Waals surface area contributed by atoms with Crippen molar-refractivity contribution in [3.8, 4) is 11.5 Å². The zero-order valence-corrected chi connectivity index (χ0v) is 16.6. The molecule has 1 aromatic heterocycles. The van der Waals surface area contributed by atoms with Gasteiger partial charge in [-0.05, 0) is 61.4 Å². The molecule has 1 amide bonds. The van der Waals surface area contributed by atoms with E-state index in [4.69, 9.17) is 13.9 Å². The first kappa shape index (κ1) is 20.5. The summed E-state index contributed by atoms with van der Waals surface area (Å²) in [5.41, 5.74) is 1.09. The average Bonchev–Trinajstić information content (AvgIpc) is 3.20. The van der Waals surface area contributed by atoms with Crippen LogP contribution in [0.25, 0.3) is 0 Å². The van der Waals surface area contributed by atoms with E-state index in [0.717, 1.165) is 11.3 Å². The Bertz CT molecular complexity index is 936. The van der Waals surface area contributed by atoms with Crippen LogP contribution in [0.3, 0.4) is 0 Å². The van der Waals surface area contributed by atoms with E-state index in [1.165, 1.54) is 24.3 Å². The molecule has 0 spiro atoms. The zero-order chi connectivity index (χ0) is 20.6. The Labute approximate surface area is 169 Å². The summed E-state index contributed by atoms with van der Waals surface area (Å²) >= 11 is 0. The third kappa shape index (κ3) is 5.85. The molecule has 0 atom stereocenters. The number of carbonyl (C=O) groups is 1. The van der Waals surface area contributed by atoms with Gasteiger partial charge in [0.15, 0.2) is 5.76 Å². The Morgan fingerprint density at radius 3 is 2.55 bits per heavy atom. The lowest BCUT2D eigenvalue weighted by molar-refractivity contribution is 0.0752. The Morgan fingerprint density at radius 1 is 1.03 bits per heavy atom. The van der Waals surface area contributed by atoms with Crippen LogP contribution in [0, 0.1) is 12.7 Å². The van der Waals surface area contributed by atoms with Crippen molar-refractivity contribution in [3.05, 3.63) is 83.6 Å². The number of para-hydroxylation sites is 1. The molecular weight excluding hydrogens is 373 g/mol. The fraction of sp³-hybridized carbons (Fsp3) is 0.261. The highest BCUT2D eigenvalue weighted by molar-refractivity contribution is 5.91. The van der Waals surface area contributed by atoms with Crippen LogP contribution in [-0.2, 0) is 6.61 Å². The number of halogens is 1. The standard InChI is InChI=1S/C23H24FNO4/c1-17-6-3-4-7-21(17)27-15-5-14-25(2)23(26)22-13-12-20(29-22)16-28-19-10-8-18(24)9-11-19/h3-4,6-13H,5,14-16H2,1-2H3. The van der Waals surface area contributed by atoms with E-state index in [0.29, 0.717) is 31.1 Å². The SMILES string of the molecule is Cc1ccccc1OCCCN(C)C(=O)c1ccc(COc2ccc(F)cc2)o1. The van der Waals surface area contributed by atoms with Crippen molar-refractivity contribution in [2.24, 2.45) is 0 Å². The monoisotopic (exact) mass is 397 g/mol. The molecular formula is C23H24FNO4. The lowest BCUT2D eigenvalue weighted by Crippen LogP contribution is -2.28. The summed E-state index contributed by atoms with van der Waals surface area (Å²) in [7, 11) is 1.73. The van der Waals surface area contributed by atoms with Crippen molar-refractivity contribution in [1.29, 1.82) is 0 Å². The van der Waals surface area contributed by atoms with Crippen molar-refractivity contribution in [1.82, 2.24) is 4.90 Å². The Hall–Kier alpha value is -3.28. The summed E-state index contributed by atoms with van der Waals surface area (Å²) < 4.78 is 29.8. The second-order valence-electron chi connectivity index (χ2n) is 6.70. The molecule has 0 saturated heterocycles. The summed E-state index contributed by atoms with van der Waals surface area (Å²) in [6, 6.07) is 16.9. The van der Waals surface area contributed by atoms with Gasteiger partial charge >= 0.3 is 0 Å². The molecule has 3 rings (SSSR count). The minimum absolute atomic E-state index is 0.160. The van der Waals surface area contributed by atoms with E-state index in [9.17, 15) is 9.18 Å². The van der Waals surface area contributed by atoms with E-state index in [2.05, 4.69) is 0 Å². The quantitative estimate of drug-likeness (QED) is 0.485. The predicted octanol–water partition coefficient (Wildman–Crippen LogP) is 4.85. The molecule has 152 valence electrons. The second-order valence-corrected chi connectivity index (χ2v) is 6.70. The molecule has 29 heavy (non-hydrogen) atoms. The van der Waals surface area contributed by atoms with Gasteiger partial charge in [0.05, 0.1) is 6.61 Å². The molecule has 0 N–H and O–H groups in total. The third-order valence-electron chi connectivity index (χ3n) is 4.40. The van der Waals surface area contributed by atoms with Crippen LogP contribution in [0.4, 0.5) is 4.39 Å². The summed E-state index contributed by atoms with van der Waals surface area (Å²) in [5, 5.41) is 0. The molecule has 5 nitrogen and oxygen atoms in total. The topological polar surface area (TPSA) is 51.9 Å². The van der Waals surface area contributed by atoms with Gasteiger partial charge in [0.25, 0.3) is 5.91 Å². The lowest BCUT2D eigenvalue weighted by Gasteiger charge is -2.16. The molecule has 6 heteroatoms. The van der Waals surface area contributed by atoms with Crippen molar-refractivity contribution in [2.45, 2.75) is 20.0 Å². The Balaban J connectivity index is 1.43. The number of benzene rings is 2. The fourth-order valence-corrected chi connectivity index (χ4v) is 2.75. The number of aryl methyl sites for hydroxylation is 1. The lowest BCUT2D eigenvalue weighted by atomic mass is 10.2. The highest BCUT2D eigenvalue weighted by Crippen LogP contribution is 2.17. The number of rotatable bonds is 9. The van der Waals surface area contributed by atoms with Gasteiger partial charge in [-0.15, -0.1) is 0 Å². The first-order valence-electron chi connectivity index (χ1n) is 9.44. The van der Waals surface area contributed by atoms with Gasteiger partial charge in [0, 0.05) is 13.6 Å². The Morgan fingerprint density at radius 2 is 1.79 bits per heavy atom. The van der Waals surface area contributed by atoms with Gasteiger partial charge in [0.2, 0.25) is 0 Å². The largest absolute Gasteiger partial charge is 0.493 e.